The van der Waals surface area contributed by atoms with Crippen LogP contribution >= 0.6 is 0 Å². The van der Waals surface area contributed by atoms with Crippen LogP contribution in [-0.4, -0.2) is 17.6 Å². The Bertz CT molecular complexity index is 584. The molecule has 0 amide bonds. The van der Waals surface area contributed by atoms with Crippen molar-refractivity contribution in [2.45, 2.75) is 33.4 Å². The van der Waals surface area contributed by atoms with Crippen LogP contribution in [-0.2, 0) is 6.54 Å². The predicted octanol–water partition coefficient (Wildman–Crippen LogP) is 3.88. The zero-order valence-electron chi connectivity index (χ0n) is 12.8. The molecule has 0 bridgehead atoms. The average molecular weight is 287 g/mol. The van der Waals surface area contributed by atoms with Crippen LogP contribution in [0.1, 0.15) is 26.5 Å². The van der Waals surface area contributed by atoms with E-state index in [1.54, 1.807) is 18.3 Å². The fourth-order valence-electron chi connectivity index (χ4n) is 2.20. The highest BCUT2D eigenvalue weighted by molar-refractivity contribution is 5.63. The van der Waals surface area contributed by atoms with E-state index in [-0.39, 0.29) is 5.82 Å². The van der Waals surface area contributed by atoms with E-state index in [9.17, 15) is 4.39 Å². The van der Waals surface area contributed by atoms with E-state index in [1.807, 2.05) is 18.2 Å². The highest BCUT2D eigenvalue weighted by Crippen LogP contribution is 2.25. The summed E-state index contributed by atoms with van der Waals surface area (Å²) in [7, 11) is 0. The number of benzene rings is 1. The summed E-state index contributed by atoms with van der Waals surface area (Å²) in [5, 5.41) is 3.35. The second-order valence-electron chi connectivity index (χ2n) is 5.27. The molecular formula is C17H22FN3. The van der Waals surface area contributed by atoms with Crippen molar-refractivity contribution in [3.05, 3.63) is 54.1 Å². The van der Waals surface area contributed by atoms with E-state index < -0.39 is 0 Å². The maximum Gasteiger partial charge on any atom is 0.125 e. The lowest BCUT2D eigenvalue weighted by Crippen LogP contribution is -2.23. The van der Waals surface area contributed by atoms with Gasteiger partial charge in [-0.3, -0.25) is 4.98 Å². The summed E-state index contributed by atoms with van der Waals surface area (Å²) in [6.07, 6.45) is 1.80. The first-order valence-corrected chi connectivity index (χ1v) is 7.31. The summed E-state index contributed by atoms with van der Waals surface area (Å²) in [5.41, 5.74) is 2.86. The van der Waals surface area contributed by atoms with Gasteiger partial charge in [0.25, 0.3) is 0 Å². The van der Waals surface area contributed by atoms with Crippen molar-refractivity contribution in [1.82, 2.24) is 10.3 Å². The van der Waals surface area contributed by atoms with Crippen LogP contribution in [0.25, 0.3) is 0 Å². The van der Waals surface area contributed by atoms with Crippen LogP contribution in [0, 0.1) is 5.82 Å². The Morgan fingerprint density at radius 1 is 1.19 bits per heavy atom. The molecule has 1 N–H and O–H groups in total. The molecule has 2 aromatic rings. The second-order valence-corrected chi connectivity index (χ2v) is 5.27. The van der Waals surface area contributed by atoms with E-state index in [2.05, 4.69) is 36.0 Å². The van der Waals surface area contributed by atoms with Gasteiger partial charge in [0.15, 0.2) is 0 Å². The molecule has 1 aromatic carbocycles. The van der Waals surface area contributed by atoms with Gasteiger partial charge in [0.1, 0.15) is 5.82 Å². The van der Waals surface area contributed by atoms with Crippen molar-refractivity contribution >= 4 is 11.4 Å². The quantitative estimate of drug-likeness (QED) is 0.874. The first-order valence-electron chi connectivity index (χ1n) is 7.31. The molecule has 0 fully saturated rings. The number of aromatic nitrogens is 1. The Labute approximate surface area is 125 Å². The normalized spacial score (nSPS) is 10.9. The van der Waals surface area contributed by atoms with E-state index in [0.717, 1.165) is 30.2 Å². The molecule has 0 saturated heterocycles. The minimum absolute atomic E-state index is 0.221. The van der Waals surface area contributed by atoms with Gasteiger partial charge in [-0.25, -0.2) is 4.39 Å². The molecule has 0 saturated carbocycles. The van der Waals surface area contributed by atoms with Crippen LogP contribution in [0.3, 0.4) is 0 Å². The number of rotatable bonds is 6. The summed E-state index contributed by atoms with van der Waals surface area (Å²) in [6.45, 7) is 7.76. The highest BCUT2D eigenvalue weighted by atomic mass is 19.1. The third kappa shape index (κ3) is 4.26. The minimum atomic E-state index is -0.221. The predicted molar refractivity (Wildman–Crippen MR) is 85.3 cm³/mol. The smallest absolute Gasteiger partial charge is 0.125 e. The molecule has 3 nitrogen and oxygen atoms in total. The summed E-state index contributed by atoms with van der Waals surface area (Å²) in [4.78, 5) is 6.45. The Kier molecular flexibility index (Phi) is 5.28. The Morgan fingerprint density at radius 3 is 2.62 bits per heavy atom. The van der Waals surface area contributed by atoms with Crippen molar-refractivity contribution in [3.63, 3.8) is 0 Å². The molecule has 4 heteroatoms. The van der Waals surface area contributed by atoms with Gasteiger partial charge in [0, 0.05) is 36.7 Å². The molecule has 0 aliphatic rings. The van der Waals surface area contributed by atoms with E-state index in [1.165, 1.54) is 6.07 Å². The van der Waals surface area contributed by atoms with Crippen molar-refractivity contribution in [1.29, 1.82) is 0 Å². The molecule has 0 aliphatic carbocycles. The van der Waals surface area contributed by atoms with Gasteiger partial charge in [0.2, 0.25) is 0 Å². The maximum atomic E-state index is 13.4. The molecule has 1 aromatic heterocycles. The van der Waals surface area contributed by atoms with E-state index in [0.29, 0.717) is 6.04 Å². The fraction of sp³-hybridized carbons (Fsp3) is 0.353. The van der Waals surface area contributed by atoms with E-state index in [4.69, 9.17) is 0 Å². The lowest BCUT2D eigenvalue weighted by atomic mass is 10.2. The molecule has 0 atom stereocenters. The third-order valence-electron chi connectivity index (χ3n) is 3.24. The molecule has 0 radical (unpaired) electrons. The van der Waals surface area contributed by atoms with Gasteiger partial charge in [-0.05, 0) is 37.3 Å². The Hall–Kier alpha value is -1.94. The highest BCUT2D eigenvalue weighted by Gasteiger charge is 2.09. The van der Waals surface area contributed by atoms with Crippen LogP contribution in [0.4, 0.5) is 15.8 Å². The van der Waals surface area contributed by atoms with Crippen LogP contribution in [0.5, 0.6) is 0 Å². The topological polar surface area (TPSA) is 28.2 Å². The molecule has 112 valence electrons. The number of nitrogens with one attached hydrogen (secondary N) is 1. The average Bonchev–Trinajstić information content (AvgIpc) is 2.46. The number of halogens is 1. The molecular weight excluding hydrogens is 265 g/mol. The first-order chi connectivity index (χ1) is 10.1. The number of hydrogen-bond donors (Lipinski definition) is 1. The largest absolute Gasteiger partial charge is 0.342 e. The van der Waals surface area contributed by atoms with Crippen LogP contribution in [0.15, 0.2) is 42.6 Å². The number of hydrogen-bond acceptors (Lipinski definition) is 3. The maximum absolute atomic E-state index is 13.4. The molecule has 21 heavy (non-hydrogen) atoms. The summed E-state index contributed by atoms with van der Waals surface area (Å²) >= 11 is 0. The lowest BCUT2D eigenvalue weighted by molar-refractivity contribution is 0.581. The zero-order valence-corrected chi connectivity index (χ0v) is 12.8. The number of pyridine rings is 1. The fourth-order valence-corrected chi connectivity index (χ4v) is 2.20. The second kappa shape index (κ2) is 7.18. The van der Waals surface area contributed by atoms with Crippen molar-refractivity contribution in [2.24, 2.45) is 0 Å². The van der Waals surface area contributed by atoms with E-state index >= 15 is 0 Å². The van der Waals surface area contributed by atoms with Gasteiger partial charge in [0.05, 0.1) is 5.69 Å². The minimum Gasteiger partial charge on any atom is -0.342 e. The summed E-state index contributed by atoms with van der Waals surface area (Å²) in [5.74, 6) is -0.221. The first kappa shape index (κ1) is 15.4. The van der Waals surface area contributed by atoms with Crippen molar-refractivity contribution in [2.75, 3.05) is 11.4 Å². The molecule has 0 unspecified atom stereocenters. The molecule has 2 rings (SSSR count). The van der Waals surface area contributed by atoms with Crippen LogP contribution < -0.4 is 10.2 Å². The molecule has 0 aliphatic heterocycles. The van der Waals surface area contributed by atoms with Crippen LogP contribution in [0.2, 0.25) is 0 Å². The molecule has 1 heterocycles. The third-order valence-corrected chi connectivity index (χ3v) is 3.24. The monoisotopic (exact) mass is 287 g/mol. The number of nitrogens with zero attached hydrogens (tertiary/aromatic N) is 2. The van der Waals surface area contributed by atoms with Crippen molar-refractivity contribution < 1.29 is 4.39 Å². The Balaban J connectivity index is 2.24. The van der Waals surface area contributed by atoms with Gasteiger partial charge >= 0.3 is 0 Å². The van der Waals surface area contributed by atoms with Gasteiger partial charge < -0.3 is 10.2 Å². The Morgan fingerprint density at radius 2 is 1.95 bits per heavy atom. The summed E-state index contributed by atoms with van der Waals surface area (Å²) in [6, 6.07) is 11.1. The molecule has 0 spiro atoms. The summed E-state index contributed by atoms with van der Waals surface area (Å²) < 4.78 is 13.4. The van der Waals surface area contributed by atoms with Crippen molar-refractivity contribution in [3.8, 4) is 0 Å². The van der Waals surface area contributed by atoms with Gasteiger partial charge in [-0.1, -0.05) is 19.9 Å². The standard InChI is InChI=1S/C17H22FN3/c1-4-21(16-7-5-6-14(18)10-16)17-8-9-19-15(11-17)12-20-13(2)3/h5-11,13,20H,4,12H2,1-3H3. The van der Waals surface area contributed by atoms with Gasteiger partial charge in [-0.2, -0.15) is 0 Å². The SMILES string of the molecule is CCN(c1cccc(F)c1)c1ccnc(CNC(C)C)c1. The lowest BCUT2D eigenvalue weighted by Gasteiger charge is -2.23. The number of anilines is 2. The zero-order chi connectivity index (χ0) is 15.2. The van der Waals surface area contributed by atoms with Gasteiger partial charge in [-0.15, -0.1) is 0 Å².